The minimum absolute atomic E-state index is 0.563. The van der Waals surface area contributed by atoms with Gasteiger partial charge < -0.3 is 0 Å². The van der Waals surface area contributed by atoms with Crippen molar-refractivity contribution >= 4 is 15.9 Å². The van der Waals surface area contributed by atoms with Crippen molar-refractivity contribution in [3.63, 3.8) is 0 Å². The molecule has 1 aromatic heterocycles. The maximum Gasteiger partial charge on any atom is 0.164 e. The Morgan fingerprint density at radius 3 is 1.64 bits per heavy atom. The third-order valence-electron chi connectivity index (χ3n) is 5.24. The van der Waals surface area contributed by atoms with Gasteiger partial charge >= 0.3 is 0 Å². The van der Waals surface area contributed by atoms with Gasteiger partial charge in [0.15, 0.2) is 17.5 Å². The Kier molecular flexibility index (Phi) is 5.75. The van der Waals surface area contributed by atoms with Gasteiger partial charge in [-0.2, -0.15) is 5.26 Å². The molecule has 0 N–H and O–H groups in total. The molecular weight excluding hydrogens is 472 g/mol. The third kappa shape index (κ3) is 4.57. The molecule has 0 saturated carbocycles. The number of hydrogen-bond acceptors (Lipinski definition) is 4. The van der Waals surface area contributed by atoms with Crippen molar-refractivity contribution in [3.05, 3.63) is 113 Å². The monoisotopic (exact) mass is 488 g/mol. The van der Waals surface area contributed by atoms with E-state index in [1.165, 1.54) is 0 Å². The van der Waals surface area contributed by atoms with Gasteiger partial charge in [-0.25, -0.2) is 15.0 Å². The summed E-state index contributed by atoms with van der Waals surface area (Å²) in [4.78, 5) is 14.3. The second kappa shape index (κ2) is 9.15. The van der Waals surface area contributed by atoms with E-state index in [2.05, 4.69) is 46.3 Å². The molecule has 0 unspecified atom stereocenters. The van der Waals surface area contributed by atoms with E-state index in [1.807, 2.05) is 66.7 Å². The van der Waals surface area contributed by atoms with Crippen molar-refractivity contribution in [1.82, 2.24) is 15.0 Å². The van der Waals surface area contributed by atoms with Crippen LogP contribution < -0.4 is 0 Å². The van der Waals surface area contributed by atoms with Gasteiger partial charge in [-0.05, 0) is 53.6 Å². The second-order valence-electron chi connectivity index (χ2n) is 7.45. The maximum atomic E-state index is 9.13. The first-order valence-corrected chi connectivity index (χ1v) is 11.2. The Bertz CT molecular complexity index is 1460. The van der Waals surface area contributed by atoms with Crippen molar-refractivity contribution in [2.45, 2.75) is 0 Å². The predicted molar refractivity (Wildman–Crippen MR) is 134 cm³/mol. The Labute approximate surface area is 200 Å². The highest BCUT2D eigenvalue weighted by molar-refractivity contribution is 9.10. The van der Waals surface area contributed by atoms with Gasteiger partial charge in [-0.1, -0.05) is 76.6 Å². The van der Waals surface area contributed by atoms with Gasteiger partial charge in [-0.3, -0.25) is 0 Å². The molecule has 0 aliphatic heterocycles. The first-order valence-electron chi connectivity index (χ1n) is 10.4. The molecule has 1 heterocycles. The van der Waals surface area contributed by atoms with Crippen LogP contribution in [0.2, 0.25) is 0 Å². The fourth-order valence-electron chi connectivity index (χ4n) is 3.52. The fraction of sp³-hybridized carbons (Fsp3) is 0. The van der Waals surface area contributed by atoms with Crippen LogP contribution in [-0.4, -0.2) is 15.0 Å². The molecule has 0 fully saturated rings. The zero-order chi connectivity index (χ0) is 22.6. The topological polar surface area (TPSA) is 62.5 Å². The number of hydrogen-bond donors (Lipinski definition) is 0. The lowest BCUT2D eigenvalue weighted by molar-refractivity contribution is 1.07. The first-order chi connectivity index (χ1) is 16.2. The number of halogens is 1. The Hall–Kier alpha value is -4.14. The van der Waals surface area contributed by atoms with Crippen LogP contribution in [-0.2, 0) is 0 Å². The van der Waals surface area contributed by atoms with Crippen molar-refractivity contribution in [3.8, 4) is 51.4 Å². The molecular formula is C28H17BrN4. The molecule has 0 aliphatic rings. The summed E-state index contributed by atoms with van der Waals surface area (Å²) < 4.78 is 0.989. The number of nitriles is 1. The van der Waals surface area contributed by atoms with Crippen molar-refractivity contribution in [1.29, 1.82) is 5.26 Å². The van der Waals surface area contributed by atoms with Crippen LogP contribution in [0.25, 0.3) is 45.3 Å². The highest BCUT2D eigenvalue weighted by Gasteiger charge is 2.13. The lowest BCUT2D eigenvalue weighted by atomic mass is 10.0. The van der Waals surface area contributed by atoms with E-state index in [4.69, 9.17) is 20.2 Å². The van der Waals surface area contributed by atoms with E-state index < -0.39 is 0 Å². The van der Waals surface area contributed by atoms with Crippen LogP contribution in [0.15, 0.2) is 108 Å². The van der Waals surface area contributed by atoms with Crippen LogP contribution in [0, 0.1) is 11.3 Å². The summed E-state index contributed by atoms with van der Waals surface area (Å²) in [7, 11) is 0. The molecule has 0 amide bonds. The van der Waals surface area contributed by atoms with Gasteiger partial charge in [-0.15, -0.1) is 0 Å². The number of benzene rings is 4. The Balaban J connectivity index is 1.66. The van der Waals surface area contributed by atoms with Crippen LogP contribution in [0.5, 0.6) is 0 Å². The molecule has 33 heavy (non-hydrogen) atoms. The first kappa shape index (κ1) is 20.7. The lowest BCUT2D eigenvalue weighted by Gasteiger charge is -2.10. The molecule has 4 aromatic carbocycles. The summed E-state index contributed by atoms with van der Waals surface area (Å²) in [5.41, 5.74) is 5.46. The Morgan fingerprint density at radius 1 is 0.515 bits per heavy atom. The largest absolute Gasteiger partial charge is 0.208 e. The zero-order valence-corrected chi connectivity index (χ0v) is 19.1. The highest BCUT2D eigenvalue weighted by Crippen LogP contribution is 2.28. The summed E-state index contributed by atoms with van der Waals surface area (Å²) in [6.45, 7) is 0. The molecule has 5 rings (SSSR count). The van der Waals surface area contributed by atoms with Crippen LogP contribution >= 0.6 is 15.9 Å². The highest BCUT2D eigenvalue weighted by atomic mass is 79.9. The van der Waals surface area contributed by atoms with E-state index in [0.717, 1.165) is 32.3 Å². The average molecular weight is 489 g/mol. The number of nitrogens with zero attached hydrogens (tertiary/aromatic N) is 4. The molecule has 0 radical (unpaired) electrons. The quantitative estimate of drug-likeness (QED) is 0.268. The normalized spacial score (nSPS) is 10.5. The number of rotatable bonds is 4. The maximum absolute atomic E-state index is 9.13. The van der Waals surface area contributed by atoms with E-state index in [0.29, 0.717) is 23.0 Å². The van der Waals surface area contributed by atoms with Gasteiger partial charge in [0.05, 0.1) is 11.6 Å². The third-order valence-corrected chi connectivity index (χ3v) is 5.77. The van der Waals surface area contributed by atoms with Crippen molar-refractivity contribution in [2.75, 3.05) is 0 Å². The molecule has 5 aromatic rings. The van der Waals surface area contributed by atoms with Crippen LogP contribution in [0.3, 0.4) is 0 Å². The summed E-state index contributed by atoms with van der Waals surface area (Å²) in [6, 6.07) is 35.8. The average Bonchev–Trinajstić information content (AvgIpc) is 2.89. The van der Waals surface area contributed by atoms with E-state index in [9.17, 15) is 0 Å². The van der Waals surface area contributed by atoms with E-state index in [-0.39, 0.29) is 0 Å². The molecule has 5 heteroatoms. The standard InChI is InChI=1S/C28H17BrN4/c29-25-15-13-22(14-16-25)27-31-26(21-11-9-19(18-30)10-12-21)32-28(33-27)24-8-4-7-23(17-24)20-5-2-1-3-6-20/h1-17H. The summed E-state index contributed by atoms with van der Waals surface area (Å²) in [5.74, 6) is 1.75. The lowest BCUT2D eigenvalue weighted by Crippen LogP contribution is -2.00. The minimum Gasteiger partial charge on any atom is -0.208 e. The predicted octanol–water partition coefficient (Wildman–Crippen LogP) is 7.17. The molecule has 0 aliphatic carbocycles. The Morgan fingerprint density at radius 2 is 1.03 bits per heavy atom. The van der Waals surface area contributed by atoms with Gasteiger partial charge in [0.25, 0.3) is 0 Å². The molecule has 4 nitrogen and oxygen atoms in total. The summed E-state index contributed by atoms with van der Waals surface area (Å²) >= 11 is 3.48. The van der Waals surface area contributed by atoms with E-state index in [1.54, 1.807) is 12.1 Å². The van der Waals surface area contributed by atoms with Gasteiger partial charge in [0.1, 0.15) is 0 Å². The molecule has 0 saturated heterocycles. The molecule has 0 spiro atoms. The fourth-order valence-corrected chi connectivity index (χ4v) is 3.79. The van der Waals surface area contributed by atoms with Gasteiger partial charge in [0, 0.05) is 21.2 Å². The second-order valence-corrected chi connectivity index (χ2v) is 8.36. The summed E-state index contributed by atoms with van der Waals surface area (Å²) in [5, 5.41) is 9.13. The zero-order valence-electron chi connectivity index (χ0n) is 17.5. The molecule has 0 bridgehead atoms. The number of aromatic nitrogens is 3. The molecule has 0 atom stereocenters. The van der Waals surface area contributed by atoms with Gasteiger partial charge in [0.2, 0.25) is 0 Å². The SMILES string of the molecule is N#Cc1ccc(-c2nc(-c3ccc(Br)cc3)nc(-c3cccc(-c4ccccc4)c3)n2)cc1. The summed E-state index contributed by atoms with van der Waals surface area (Å²) in [6.07, 6.45) is 0. The minimum atomic E-state index is 0.563. The van der Waals surface area contributed by atoms with Crippen molar-refractivity contribution in [2.24, 2.45) is 0 Å². The van der Waals surface area contributed by atoms with Crippen LogP contribution in [0.4, 0.5) is 0 Å². The van der Waals surface area contributed by atoms with Crippen molar-refractivity contribution < 1.29 is 0 Å². The van der Waals surface area contributed by atoms with E-state index >= 15 is 0 Å². The molecule has 156 valence electrons. The van der Waals surface area contributed by atoms with Crippen LogP contribution in [0.1, 0.15) is 5.56 Å². The smallest absolute Gasteiger partial charge is 0.164 e.